The van der Waals surface area contributed by atoms with Crippen LogP contribution in [0.5, 0.6) is 0 Å². The molecule has 0 saturated carbocycles. The standard InChI is InChI=1S/C24H21N5O4S/c1-28(23(33)15-5-3-2-4-6-15)16-7-9-19-18(13-16)26-24(29(19)12-11-21(25)31)27-22(32)20-10-8-17(14-30)34-20/h2-10,13-14H,11-12H2,1H3,(H2,25,31)(H,26,27,32). The smallest absolute Gasteiger partial charge is 0.268 e. The van der Waals surface area contributed by atoms with E-state index in [1.165, 1.54) is 4.90 Å². The summed E-state index contributed by atoms with van der Waals surface area (Å²) in [7, 11) is 1.67. The topological polar surface area (TPSA) is 127 Å². The molecular weight excluding hydrogens is 454 g/mol. The molecule has 10 heteroatoms. The van der Waals surface area contributed by atoms with Crippen molar-refractivity contribution in [3.8, 4) is 0 Å². The average molecular weight is 476 g/mol. The number of hydrogen-bond acceptors (Lipinski definition) is 6. The van der Waals surface area contributed by atoms with Crippen LogP contribution in [0.2, 0.25) is 0 Å². The molecule has 0 unspecified atom stereocenters. The van der Waals surface area contributed by atoms with Gasteiger partial charge in [0.15, 0.2) is 6.29 Å². The molecule has 2 heterocycles. The Balaban J connectivity index is 1.67. The van der Waals surface area contributed by atoms with E-state index in [2.05, 4.69) is 10.3 Å². The molecule has 34 heavy (non-hydrogen) atoms. The van der Waals surface area contributed by atoms with Crippen LogP contribution in [0.25, 0.3) is 11.0 Å². The lowest BCUT2D eigenvalue weighted by molar-refractivity contribution is -0.118. The summed E-state index contributed by atoms with van der Waals surface area (Å²) in [6.07, 6.45) is 0.731. The van der Waals surface area contributed by atoms with E-state index >= 15 is 0 Å². The van der Waals surface area contributed by atoms with Gasteiger partial charge < -0.3 is 15.2 Å². The number of benzene rings is 2. The molecule has 0 atom stereocenters. The number of carbonyl (C=O) groups is 4. The normalized spacial score (nSPS) is 10.7. The quantitative estimate of drug-likeness (QED) is 0.378. The second kappa shape index (κ2) is 9.67. The number of fused-ring (bicyclic) bond motifs is 1. The van der Waals surface area contributed by atoms with Gasteiger partial charge in [0, 0.05) is 31.3 Å². The minimum atomic E-state index is -0.488. The number of aldehydes is 1. The first-order valence-corrected chi connectivity index (χ1v) is 11.2. The minimum absolute atomic E-state index is 0.0524. The molecule has 0 bridgehead atoms. The van der Waals surface area contributed by atoms with E-state index < -0.39 is 11.8 Å². The molecule has 0 radical (unpaired) electrons. The first-order valence-electron chi connectivity index (χ1n) is 10.4. The lowest BCUT2D eigenvalue weighted by atomic mass is 10.2. The zero-order chi connectivity index (χ0) is 24.2. The highest BCUT2D eigenvalue weighted by molar-refractivity contribution is 7.15. The fourth-order valence-corrected chi connectivity index (χ4v) is 4.18. The van der Waals surface area contributed by atoms with Crippen molar-refractivity contribution in [2.24, 2.45) is 5.73 Å². The number of amides is 3. The van der Waals surface area contributed by atoms with Crippen molar-refractivity contribution in [3.05, 3.63) is 76.0 Å². The summed E-state index contributed by atoms with van der Waals surface area (Å²) in [4.78, 5) is 54.7. The van der Waals surface area contributed by atoms with Crippen LogP contribution in [0.15, 0.2) is 60.7 Å². The monoisotopic (exact) mass is 475 g/mol. The molecule has 0 spiro atoms. The Bertz CT molecular complexity index is 1390. The highest BCUT2D eigenvalue weighted by Gasteiger charge is 2.19. The van der Waals surface area contributed by atoms with Crippen molar-refractivity contribution in [1.82, 2.24) is 9.55 Å². The summed E-state index contributed by atoms with van der Waals surface area (Å²) in [6, 6.07) is 17.3. The number of aromatic nitrogens is 2. The Morgan fingerprint density at radius 2 is 1.88 bits per heavy atom. The number of nitrogens with one attached hydrogen (secondary N) is 1. The van der Waals surface area contributed by atoms with Crippen LogP contribution in [-0.4, -0.2) is 40.6 Å². The maximum absolute atomic E-state index is 12.8. The van der Waals surface area contributed by atoms with Gasteiger partial charge in [-0.3, -0.25) is 24.5 Å². The van der Waals surface area contributed by atoms with E-state index in [-0.39, 0.29) is 24.8 Å². The third-order valence-corrected chi connectivity index (χ3v) is 6.23. The number of thiophene rings is 1. The SMILES string of the molecule is CN(C(=O)c1ccccc1)c1ccc2c(c1)nc(NC(=O)c1ccc(C=O)s1)n2CCC(N)=O. The number of imidazole rings is 1. The summed E-state index contributed by atoms with van der Waals surface area (Å²) < 4.78 is 1.69. The Morgan fingerprint density at radius 3 is 2.56 bits per heavy atom. The largest absolute Gasteiger partial charge is 0.370 e. The van der Waals surface area contributed by atoms with E-state index in [4.69, 9.17) is 5.73 Å². The molecular formula is C24H21N5O4S. The first kappa shape index (κ1) is 22.9. The second-order valence-corrected chi connectivity index (χ2v) is 8.60. The fraction of sp³-hybridized carbons (Fsp3) is 0.125. The van der Waals surface area contributed by atoms with Crippen molar-refractivity contribution in [2.45, 2.75) is 13.0 Å². The van der Waals surface area contributed by atoms with Crippen LogP contribution in [0, 0.1) is 0 Å². The van der Waals surface area contributed by atoms with E-state index in [1.807, 2.05) is 6.07 Å². The maximum Gasteiger partial charge on any atom is 0.268 e. The van der Waals surface area contributed by atoms with Gasteiger partial charge in [0.05, 0.1) is 20.8 Å². The molecule has 4 rings (SSSR count). The zero-order valence-electron chi connectivity index (χ0n) is 18.2. The molecule has 4 aromatic rings. The van der Waals surface area contributed by atoms with Crippen LogP contribution in [0.3, 0.4) is 0 Å². The fourth-order valence-electron chi connectivity index (χ4n) is 3.46. The number of rotatable bonds is 8. The second-order valence-electron chi connectivity index (χ2n) is 7.48. The Labute approximate surface area is 198 Å². The molecule has 9 nitrogen and oxygen atoms in total. The van der Waals surface area contributed by atoms with Gasteiger partial charge in [-0.05, 0) is 42.5 Å². The molecule has 0 saturated heterocycles. The van der Waals surface area contributed by atoms with Gasteiger partial charge in [0.25, 0.3) is 11.8 Å². The molecule has 0 aliphatic heterocycles. The summed E-state index contributed by atoms with van der Waals surface area (Å²) in [6.45, 7) is 0.212. The molecule has 2 aromatic heterocycles. The Kier molecular flexibility index (Phi) is 6.51. The molecule has 172 valence electrons. The van der Waals surface area contributed by atoms with Crippen molar-refractivity contribution < 1.29 is 19.2 Å². The van der Waals surface area contributed by atoms with Gasteiger partial charge >= 0.3 is 0 Å². The van der Waals surface area contributed by atoms with E-state index in [0.717, 1.165) is 11.3 Å². The third-order valence-electron chi connectivity index (χ3n) is 5.22. The van der Waals surface area contributed by atoms with Gasteiger partial charge in [0.1, 0.15) is 0 Å². The van der Waals surface area contributed by atoms with E-state index in [9.17, 15) is 19.2 Å². The number of primary amides is 1. The number of nitrogens with zero attached hydrogens (tertiary/aromatic N) is 3. The number of carbonyl (C=O) groups excluding carboxylic acids is 4. The van der Waals surface area contributed by atoms with Gasteiger partial charge in [-0.15, -0.1) is 11.3 Å². The van der Waals surface area contributed by atoms with Gasteiger partial charge in [-0.2, -0.15) is 0 Å². The van der Waals surface area contributed by atoms with Gasteiger partial charge in [-0.25, -0.2) is 4.98 Å². The predicted octanol–water partition coefficient (Wildman–Crippen LogP) is 3.31. The molecule has 0 aliphatic carbocycles. The van der Waals surface area contributed by atoms with Gasteiger partial charge in [0.2, 0.25) is 11.9 Å². The highest BCUT2D eigenvalue weighted by atomic mass is 32.1. The van der Waals surface area contributed by atoms with Crippen molar-refractivity contribution in [3.63, 3.8) is 0 Å². The van der Waals surface area contributed by atoms with Crippen molar-refractivity contribution >= 4 is 58.0 Å². The summed E-state index contributed by atoms with van der Waals surface area (Å²) in [5, 5.41) is 2.75. The number of hydrogen-bond donors (Lipinski definition) is 2. The molecule has 3 amide bonds. The number of aryl methyl sites for hydroxylation is 1. The van der Waals surface area contributed by atoms with Crippen molar-refractivity contribution in [2.75, 3.05) is 17.3 Å². The highest BCUT2D eigenvalue weighted by Crippen LogP contribution is 2.27. The predicted molar refractivity (Wildman–Crippen MR) is 130 cm³/mol. The Morgan fingerprint density at radius 1 is 1.12 bits per heavy atom. The lowest BCUT2D eigenvalue weighted by Crippen LogP contribution is -2.26. The zero-order valence-corrected chi connectivity index (χ0v) is 19.0. The summed E-state index contributed by atoms with van der Waals surface area (Å²) >= 11 is 1.06. The average Bonchev–Trinajstić information content (AvgIpc) is 3.46. The number of anilines is 2. The van der Waals surface area contributed by atoms with E-state index in [0.29, 0.717) is 38.3 Å². The number of nitrogens with two attached hydrogens (primary N) is 1. The van der Waals surface area contributed by atoms with Crippen molar-refractivity contribution in [1.29, 1.82) is 0 Å². The van der Waals surface area contributed by atoms with Crippen LogP contribution >= 0.6 is 11.3 Å². The van der Waals surface area contributed by atoms with E-state index in [1.54, 1.807) is 66.2 Å². The molecule has 0 fully saturated rings. The summed E-state index contributed by atoms with van der Waals surface area (Å²) in [5.41, 5.74) is 7.70. The molecule has 0 aliphatic rings. The van der Waals surface area contributed by atoms with Gasteiger partial charge in [-0.1, -0.05) is 18.2 Å². The molecule has 3 N–H and O–H groups in total. The summed E-state index contributed by atoms with van der Waals surface area (Å²) in [5.74, 6) is -0.857. The first-order chi connectivity index (χ1) is 16.4. The van der Waals surface area contributed by atoms with Crippen LogP contribution in [-0.2, 0) is 11.3 Å². The third kappa shape index (κ3) is 4.71. The van der Waals surface area contributed by atoms with Crippen LogP contribution < -0.4 is 16.0 Å². The van der Waals surface area contributed by atoms with Crippen LogP contribution in [0.1, 0.15) is 36.1 Å². The lowest BCUT2D eigenvalue weighted by Gasteiger charge is -2.17. The maximum atomic E-state index is 12.8. The minimum Gasteiger partial charge on any atom is -0.370 e. The van der Waals surface area contributed by atoms with Crippen LogP contribution in [0.4, 0.5) is 11.6 Å². The Hall–Kier alpha value is -4.31. The molecule has 2 aromatic carbocycles.